The Balaban J connectivity index is 1.41. The van der Waals surface area contributed by atoms with E-state index in [-0.39, 0.29) is 24.3 Å². The van der Waals surface area contributed by atoms with Gasteiger partial charge in [0.2, 0.25) is 11.8 Å². The Bertz CT molecular complexity index is 986. The molecule has 2 aromatic carbocycles. The Morgan fingerprint density at radius 3 is 2.45 bits per heavy atom. The van der Waals surface area contributed by atoms with Gasteiger partial charge in [0.05, 0.1) is 24.3 Å². The van der Waals surface area contributed by atoms with Crippen LogP contribution in [0.25, 0.3) is 0 Å². The summed E-state index contributed by atoms with van der Waals surface area (Å²) < 4.78 is 5.68. The summed E-state index contributed by atoms with van der Waals surface area (Å²) in [5.74, 6) is -1.98. The Morgan fingerprint density at radius 2 is 1.69 bits per heavy atom. The number of imide groups is 2. The molecule has 2 aromatic rings. The van der Waals surface area contributed by atoms with Crippen molar-refractivity contribution >= 4 is 23.6 Å². The van der Waals surface area contributed by atoms with Crippen LogP contribution in [0, 0.1) is 0 Å². The highest BCUT2D eigenvalue weighted by molar-refractivity contribution is 6.23. The zero-order chi connectivity index (χ0) is 20.4. The summed E-state index contributed by atoms with van der Waals surface area (Å²) in [5, 5.41) is 2.19. The van der Waals surface area contributed by atoms with E-state index >= 15 is 0 Å². The molecular formula is C22H20N2O5. The third-order valence-electron chi connectivity index (χ3n) is 5.15. The lowest BCUT2D eigenvalue weighted by molar-refractivity contribution is -0.136. The number of rotatable bonds is 6. The van der Waals surface area contributed by atoms with Crippen LogP contribution in [0.1, 0.15) is 44.7 Å². The summed E-state index contributed by atoms with van der Waals surface area (Å²) in [4.78, 5) is 49.9. The van der Waals surface area contributed by atoms with Gasteiger partial charge in [-0.3, -0.25) is 29.4 Å². The summed E-state index contributed by atoms with van der Waals surface area (Å²) in [6, 6.07) is 14.0. The first-order valence-corrected chi connectivity index (χ1v) is 9.51. The number of piperidine rings is 1. The van der Waals surface area contributed by atoms with Crippen LogP contribution < -0.4 is 5.32 Å². The third-order valence-corrected chi connectivity index (χ3v) is 5.15. The first-order chi connectivity index (χ1) is 14.0. The maximum Gasteiger partial charge on any atom is 0.262 e. The van der Waals surface area contributed by atoms with E-state index in [0.29, 0.717) is 25.2 Å². The van der Waals surface area contributed by atoms with E-state index in [1.807, 2.05) is 30.3 Å². The lowest BCUT2D eigenvalue weighted by Crippen LogP contribution is -2.54. The Hall–Kier alpha value is -3.32. The molecule has 2 heterocycles. The molecule has 7 heteroatoms. The van der Waals surface area contributed by atoms with E-state index in [4.69, 9.17) is 4.74 Å². The van der Waals surface area contributed by atoms with Gasteiger partial charge in [-0.25, -0.2) is 0 Å². The molecule has 2 aliphatic heterocycles. The second kappa shape index (κ2) is 7.97. The van der Waals surface area contributed by atoms with Gasteiger partial charge in [0.25, 0.3) is 11.8 Å². The van der Waals surface area contributed by atoms with Gasteiger partial charge in [-0.2, -0.15) is 0 Å². The molecule has 1 fully saturated rings. The number of hydrogen-bond donors (Lipinski definition) is 1. The van der Waals surface area contributed by atoms with Crippen molar-refractivity contribution in [2.75, 3.05) is 6.61 Å². The molecule has 0 aromatic heterocycles. The summed E-state index contributed by atoms with van der Waals surface area (Å²) in [7, 11) is 0. The van der Waals surface area contributed by atoms with Crippen molar-refractivity contribution in [2.24, 2.45) is 0 Å². The number of ether oxygens (including phenoxy) is 1. The molecular weight excluding hydrogens is 372 g/mol. The largest absolute Gasteiger partial charge is 0.376 e. The predicted octanol–water partition coefficient (Wildman–Crippen LogP) is 1.85. The molecule has 1 N–H and O–H groups in total. The molecule has 0 spiro atoms. The van der Waals surface area contributed by atoms with E-state index in [1.54, 1.807) is 18.2 Å². The maximum atomic E-state index is 12.8. The zero-order valence-corrected chi connectivity index (χ0v) is 15.7. The fraction of sp³-hybridized carbons (Fsp3) is 0.273. The van der Waals surface area contributed by atoms with Gasteiger partial charge >= 0.3 is 0 Å². The van der Waals surface area contributed by atoms with E-state index in [2.05, 4.69) is 5.32 Å². The number of fused-ring (bicyclic) bond motifs is 1. The highest BCUT2D eigenvalue weighted by Crippen LogP contribution is 2.28. The molecule has 7 nitrogen and oxygen atoms in total. The van der Waals surface area contributed by atoms with Crippen molar-refractivity contribution < 1.29 is 23.9 Å². The first-order valence-electron chi connectivity index (χ1n) is 9.51. The van der Waals surface area contributed by atoms with Crippen LogP contribution in [-0.2, 0) is 27.4 Å². The Kier molecular flexibility index (Phi) is 5.22. The molecule has 0 aliphatic carbocycles. The van der Waals surface area contributed by atoms with Crippen LogP contribution in [-0.4, -0.2) is 41.2 Å². The number of amides is 4. The molecule has 2 aliphatic rings. The number of nitrogens with one attached hydrogen (secondary N) is 1. The average Bonchev–Trinajstić information content (AvgIpc) is 2.96. The SMILES string of the molecule is O=C1CCC(N2C(=O)c3ccc(CCOCc4ccccc4)cc3C2=O)C(=O)N1. The normalized spacial score (nSPS) is 18.8. The van der Waals surface area contributed by atoms with Gasteiger partial charge < -0.3 is 4.74 Å². The number of benzene rings is 2. The van der Waals surface area contributed by atoms with Crippen molar-refractivity contribution in [2.45, 2.75) is 31.9 Å². The average molecular weight is 392 g/mol. The molecule has 148 valence electrons. The molecule has 4 rings (SSSR count). The molecule has 0 radical (unpaired) electrons. The molecule has 1 unspecified atom stereocenters. The first kappa shape index (κ1) is 19.0. The fourth-order valence-corrected chi connectivity index (χ4v) is 3.63. The highest BCUT2D eigenvalue weighted by atomic mass is 16.5. The quantitative estimate of drug-likeness (QED) is 0.598. The standard InChI is InChI=1S/C22H20N2O5/c25-19-9-8-18(20(26)23-19)24-21(27)16-7-6-14(12-17(16)22(24)28)10-11-29-13-15-4-2-1-3-5-15/h1-7,12,18H,8-11,13H2,(H,23,25,26). The van der Waals surface area contributed by atoms with E-state index < -0.39 is 23.8 Å². The van der Waals surface area contributed by atoms with Gasteiger partial charge in [-0.15, -0.1) is 0 Å². The van der Waals surface area contributed by atoms with Gasteiger partial charge in [0, 0.05) is 6.42 Å². The summed E-state index contributed by atoms with van der Waals surface area (Å²) in [6.07, 6.45) is 0.851. The minimum absolute atomic E-state index is 0.105. The second-order valence-corrected chi connectivity index (χ2v) is 7.12. The van der Waals surface area contributed by atoms with E-state index in [1.165, 1.54) is 0 Å². The number of carbonyl (C=O) groups is 4. The van der Waals surface area contributed by atoms with Crippen molar-refractivity contribution in [3.63, 3.8) is 0 Å². The maximum absolute atomic E-state index is 12.8. The number of nitrogens with zero attached hydrogens (tertiary/aromatic N) is 1. The van der Waals surface area contributed by atoms with Crippen molar-refractivity contribution in [1.29, 1.82) is 0 Å². The number of hydrogen-bond acceptors (Lipinski definition) is 5. The summed E-state index contributed by atoms with van der Waals surface area (Å²) in [5.41, 5.74) is 2.54. The van der Waals surface area contributed by atoms with Crippen LogP contribution in [0.3, 0.4) is 0 Å². The van der Waals surface area contributed by atoms with Gasteiger partial charge in [0.15, 0.2) is 0 Å². The summed E-state index contributed by atoms with van der Waals surface area (Å²) in [6.45, 7) is 0.985. The predicted molar refractivity (Wildman–Crippen MR) is 103 cm³/mol. The van der Waals surface area contributed by atoms with Crippen molar-refractivity contribution in [3.05, 3.63) is 70.8 Å². The van der Waals surface area contributed by atoms with Gasteiger partial charge in [-0.1, -0.05) is 36.4 Å². The van der Waals surface area contributed by atoms with E-state index in [9.17, 15) is 19.2 Å². The minimum atomic E-state index is -0.947. The van der Waals surface area contributed by atoms with Crippen LogP contribution in [0.15, 0.2) is 48.5 Å². The molecule has 4 amide bonds. The lowest BCUT2D eigenvalue weighted by Gasteiger charge is -2.27. The van der Waals surface area contributed by atoms with Gasteiger partial charge in [0.1, 0.15) is 6.04 Å². The Morgan fingerprint density at radius 1 is 0.931 bits per heavy atom. The third kappa shape index (κ3) is 3.82. The topological polar surface area (TPSA) is 92.8 Å². The van der Waals surface area contributed by atoms with Crippen LogP contribution in [0.4, 0.5) is 0 Å². The highest BCUT2D eigenvalue weighted by Gasteiger charge is 2.44. The molecule has 29 heavy (non-hydrogen) atoms. The summed E-state index contributed by atoms with van der Waals surface area (Å²) >= 11 is 0. The molecule has 0 bridgehead atoms. The van der Waals surface area contributed by atoms with Gasteiger partial charge in [-0.05, 0) is 36.1 Å². The minimum Gasteiger partial charge on any atom is -0.376 e. The smallest absolute Gasteiger partial charge is 0.262 e. The molecule has 1 saturated heterocycles. The van der Waals surface area contributed by atoms with Crippen LogP contribution in [0.2, 0.25) is 0 Å². The van der Waals surface area contributed by atoms with Crippen LogP contribution in [0.5, 0.6) is 0 Å². The second-order valence-electron chi connectivity index (χ2n) is 7.12. The lowest BCUT2D eigenvalue weighted by atomic mass is 10.0. The fourth-order valence-electron chi connectivity index (χ4n) is 3.63. The molecule has 1 atom stereocenters. The van der Waals surface area contributed by atoms with E-state index in [0.717, 1.165) is 16.0 Å². The monoisotopic (exact) mass is 392 g/mol. The van der Waals surface area contributed by atoms with Crippen molar-refractivity contribution in [3.8, 4) is 0 Å². The zero-order valence-electron chi connectivity index (χ0n) is 15.7. The number of carbonyl (C=O) groups excluding carboxylic acids is 4. The molecule has 0 saturated carbocycles. The van der Waals surface area contributed by atoms with Crippen molar-refractivity contribution in [1.82, 2.24) is 10.2 Å². The van der Waals surface area contributed by atoms with Crippen LogP contribution >= 0.6 is 0 Å². The Labute approximate surface area is 167 Å².